The summed E-state index contributed by atoms with van der Waals surface area (Å²) in [7, 11) is 1.77. The molecule has 0 unspecified atom stereocenters. The predicted octanol–water partition coefficient (Wildman–Crippen LogP) is 3.12. The summed E-state index contributed by atoms with van der Waals surface area (Å²) < 4.78 is 1.01. The molecule has 4 heteroatoms. The molecule has 3 nitrogen and oxygen atoms in total. The molecule has 1 heterocycles. The number of benzene rings is 1. The Hall–Kier alpha value is -1.68. The van der Waals surface area contributed by atoms with Crippen molar-refractivity contribution in [1.29, 1.82) is 0 Å². The van der Waals surface area contributed by atoms with Crippen LogP contribution in [0, 0.1) is 0 Å². The summed E-state index contributed by atoms with van der Waals surface area (Å²) in [5.74, 6) is -0.0775. The topological polar surface area (TPSA) is 33.2 Å². The zero-order valence-corrected chi connectivity index (χ0v) is 11.6. The van der Waals surface area contributed by atoms with Gasteiger partial charge in [0.1, 0.15) is 5.69 Å². The van der Waals surface area contributed by atoms with E-state index in [1.165, 1.54) is 0 Å². The second kappa shape index (κ2) is 5.78. The molecule has 92 valence electrons. The maximum Gasteiger partial charge on any atom is 0.272 e. The van der Waals surface area contributed by atoms with Gasteiger partial charge in [0.15, 0.2) is 0 Å². The molecule has 1 amide bonds. The fraction of sp³-hybridized carbons (Fsp3) is 0.143. The molecule has 1 aromatic carbocycles. The van der Waals surface area contributed by atoms with E-state index >= 15 is 0 Å². The van der Waals surface area contributed by atoms with Crippen molar-refractivity contribution < 1.29 is 4.79 Å². The normalized spacial score (nSPS) is 10.1. The van der Waals surface area contributed by atoms with E-state index in [0.717, 1.165) is 10.0 Å². The minimum Gasteiger partial charge on any atom is -0.336 e. The second-order valence-electron chi connectivity index (χ2n) is 3.97. The van der Waals surface area contributed by atoms with Gasteiger partial charge in [-0.25, -0.2) is 0 Å². The van der Waals surface area contributed by atoms with E-state index in [4.69, 9.17) is 0 Å². The van der Waals surface area contributed by atoms with Crippen molar-refractivity contribution >= 4 is 21.8 Å². The third-order valence-electron chi connectivity index (χ3n) is 2.60. The average molecular weight is 305 g/mol. The fourth-order valence-corrected chi connectivity index (χ4v) is 2.05. The van der Waals surface area contributed by atoms with E-state index in [0.29, 0.717) is 12.2 Å². The van der Waals surface area contributed by atoms with Crippen LogP contribution >= 0.6 is 15.9 Å². The highest BCUT2D eigenvalue weighted by Gasteiger charge is 2.13. The third kappa shape index (κ3) is 2.96. The van der Waals surface area contributed by atoms with Crippen molar-refractivity contribution in [2.24, 2.45) is 0 Å². The van der Waals surface area contributed by atoms with E-state index in [1.807, 2.05) is 30.3 Å². The molecule has 18 heavy (non-hydrogen) atoms. The van der Waals surface area contributed by atoms with Gasteiger partial charge in [0.2, 0.25) is 0 Å². The molecular formula is C14H13BrN2O. The lowest BCUT2D eigenvalue weighted by molar-refractivity contribution is 0.0779. The maximum absolute atomic E-state index is 12.1. The van der Waals surface area contributed by atoms with Gasteiger partial charge in [0.25, 0.3) is 5.91 Å². The predicted molar refractivity (Wildman–Crippen MR) is 74.2 cm³/mol. The molecule has 0 aliphatic rings. The zero-order valence-electron chi connectivity index (χ0n) is 10.0. The molecule has 0 aliphatic carbocycles. The van der Waals surface area contributed by atoms with Crippen molar-refractivity contribution in [1.82, 2.24) is 9.88 Å². The number of aromatic nitrogens is 1. The molecule has 0 aliphatic heterocycles. The molecule has 0 N–H and O–H groups in total. The van der Waals surface area contributed by atoms with Crippen LogP contribution in [0.4, 0.5) is 0 Å². The Bertz CT molecular complexity index is 543. The minimum atomic E-state index is -0.0775. The van der Waals surface area contributed by atoms with Crippen molar-refractivity contribution in [2.75, 3.05) is 7.05 Å². The lowest BCUT2D eigenvalue weighted by atomic mass is 10.2. The van der Waals surface area contributed by atoms with Crippen LogP contribution in [0.2, 0.25) is 0 Å². The zero-order chi connectivity index (χ0) is 13.0. The van der Waals surface area contributed by atoms with Crippen LogP contribution in [0.25, 0.3) is 0 Å². The second-order valence-corrected chi connectivity index (χ2v) is 4.82. The van der Waals surface area contributed by atoms with Crippen molar-refractivity contribution in [3.8, 4) is 0 Å². The molecule has 0 atom stereocenters. The first-order valence-electron chi connectivity index (χ1n) is 5.58. The van der Waals surface area contributed by atoms with Crippen LogP contribution < -0.4 is 0 Å². The highest BCUT2D eigenvalue weighted by atomic mass is 79.9. The first kappa shape index (κ1) is 12.8. The standard InChI is InChI=1S/C14H13BrN2O/c1-17(10-11-6-2-3-7-12(11)15)14(18)13-8-4-5-9-16-13/h2-9H,10H2,1H3. The number of amides is 1. The minimum absolute atomic E-state index is 0.0775. The number of pyridine rings is 1. The number of carbonyl (C=O) groups is 1. The van der Waals surface area contributed by atoms with Gasteiger partial charge in [0.05, 0.1) is 0 Å². The molecule has 0 fully saturated rings. The van der Waals surface area contributed by atoms with Gasteiger partial charge < -0.3 is 4.90 Å². The van der Waals surface area contributed by atoms with Gasteiger partial charge >= 0.3 is 0 Å². The van der Waals surface area contributed by atoms with Crippen LogP contribution in [0.1, 0.15) is 16.1 Å². The summed E-state index contributed by atoms with van der Waals surface area (Å²) in [5.41, 5.74) is 1.54. The van der Waals surface area contributed by atoms with Gasteiger partial charge in [-0.15, -0.1) is 0 Å². The summed E-state index contributed by atoms with van der Waals surface area (Å²) >= 11 is 3.48. The Labute approximate surface area is 115 Å². The smallest absolute Gasteiger partial charge is 0.272 e. The van der Waals surface area contributed by atoms with Gasteiger partial charge in [0, 0.05) is 24.3 Å². The lowest BCUT2D eigenvalue weighted by Gasteiger charge is -2.17. The SMILES string of the molecule is CN(Cc1ccccc1Br)C(=O)c1ccccn1. The van der Waals surface area contributed by atoms with Crippen LogP contribution in [-0.2, 0) is 6.54 Å². The Morgan fingerprint density at radius 3 is 2.61 bits per heavy atom. The van der Waals surface area contributed by atoms with Crippen LogP contribution in [0.5, 0.6) is 0 Å². The molecule has 0 saturated heterocycles. The molecule has 0 radical (unpaired) electrons. The van der Waals surface area contributed by atoms with E-state index in [2.05, 4.69) is 20.9 Å². The highest BCUT2D eigenvalue weighted by molar-refractivity contribution is 9.10. The molecular weight excluding hydrogens is 292 g/mol. The van der Waals surface area contributed by atoms with Crippen LogP contribution in [0.3, 0.4) is 0 Å². The molecule has 2 rings (SSSR count). The number of halogens is 1. The maximum atomic E-state index is 12.1. The molecule has 0 bridgehead atoms. The largest absolute Gasteiger partial charge is 0.336 e. The van der Waals surface area contributed by atoms with E-state index in [9.17, 15) is 4.79 Å². The Balaban J connectivity index is 2.11. The number of hydrogen-bond acceptors (Lipinski definition) is 2. The third-order valence-corrected chi connectivity index (χ3v) is 3.37. The van der Waals surface area contributed by atoms with Crippen LogP contribution in [0.15, 0.2) is 53.1 Å². The number of carbonyl (C=O) groups excluding carboxylic acids is 1. The van der Waals surface area contributed by atoms with E-state index in [1.54, 1.807) is 30.3 Å². The van der Waals surface area contributed by atoms with E-state index in [-0.39, 0.29) is 5.91 Å². The van der Waals surface area contributed by atoms with Gasteiger partial charge in [-0.3, -0.25) is 9.78 Å². The first-order valence-corrected chi connectivity index (χ1v) is 6.37. The first-order chi connectivity index (χ1) is 8.68. The van der Waals surface area contributed by atoms with Crippen LogP contribution in [-0.4, -0.2) is 22.8 Å². The highest BCUT2D eigenvalue weighted by Crippen LogP contribution is 2.17. The van der Waals surface area contributed by atoms with Gasteiger partial charge in [-0.1, -0.05) is 40.2 Å². The fourth-order valence-electron chi connectivity index (χ4n) is 1.64. The molecule has 2 aromatic rings. The summed E-state index contributed by atoms with van der Waals surface area (Å²) in [4.78, 5) is 17.8. The Morgan fingerprint density at radius 2 is 1.94 bits per heavy atom. The van der Waals surface area contributed by atoms with E-state index < -0.39 is 0 Å². The summed E-state index contributed by atoms with van der Waals surface area (Å²) in [5, 5.41) is 0. The Morgan fingerprint density at radius 1 is 1.22 bits per heavy atom. The molecule has 0 saturated carbocycles. The van der Waals surface area contributed by atoms with Gasteiger partial charge in [-0.05, 0) is 23.8 Å². The van der Waals surface area contributed by atoms with Crippen molar-refractivity contribution in [3.63, 3.8) is 0 Å². The molecule has 0 spiro atoms. The number of rotatable bonds is 3. The number of hydrogen-bond donors (Lipinski definition) is 0. The summed E-state index contributed by atoms with van der Waals surface area (Å²) in [6, 6.07) is 13.2. The van der Waals surface area contributed by atoms with Gasteiger partial charge in [-0.2, -0.15) is 0 Å². The monoisotopic (exact) mass is 304 g/mol. The number of nitrogens with zero attached hydrogens (tertiary/aromatic N) is 2. The Kier molecular flexibility index (Phi) is 4.10. The summed E-state index contributed by atoms with van der Waals surface area (Å²) in [6.45, 7) is 0.552. The quantitative estimate of drug-likeness (QED) is 0.873. The lowest BCUT2D eigenvalue weighted by Crippen LogP contribution is -2.27. The average Bonchev–Trinajstić information content (AvgIpc) is 2.41. The van der Waals surface area contributed by atoms with Crippen molar-refractivity contribution in [3.05, 3.63) is 64.4 Å². The summed E-state index contributed by atoms with van der Waals surface area (Å²) in [6.07, 6.45) is 1.62. The molecule has 1 aromatic heterocycles. The van der Waals surface area contributed by atoms with Crippen molar-refractivity contribution in [2.45, 2.75) is 6.54 Å².